The average molecular weight is 353 g/mol. The van der Waals surface area contributed by atoms with Gasteiger partial charge in [0, 0.05) is 12.3 Å². The largest absolute Gasteiger partial charge is 0.497 e. The Morgan fingerprint density at radius 2 is 2.08 bits per heavy atom. The van der Waals surface area contributed by atoms with Gasteiger partial charge in [-0.1, -0.05) is 12.1 Å². The van der Waals surface area contributed by atoms with Gasteiger partial charge in [0.2, 0.25) is 0 Å². The first-order valence-electron chi connectivity index (χ1n) is 8.90. The summed E-state index contributed by atoms with van der Waals surface area (Å²) in [5, 5.41) is 5.16. The summed E-state index contributed by atoms with van der Waals surface area (Å²) < 4.78 is 14.6. The molecule has 0 bridgehead atoms. The Balaban J connectivity index is 1.73. The number of benzene rings is 1. The third-order valence-electron chi connectivity index (χ3n) is 5.23. The lowest BCUT2D eigenvalue weighted by Crippen LogP contribution is -2.24. The van der Waals surface area contributed by atoms with Crippen LogP contribution < -0.4 is 10.3 Å². The molecule has 1 aromatic carbocycles. The van der Waals surface area contributed by atoms with Gasteiger partial charge < -0.3 is 14.0 Å². The fraction of sp³-hybridized carbons (Fsp3) is 0.400. The van der Waals surface area contributed by atoms with Crippen LogP contribution in [0.4, 0.5) is 0 Å². The molecular weight excluding hydrogens is 330 g/mol. The SMILES string of the molecule is COc1ccc(Cn2c(C)cc3c(cnn3[C@@H]3CCO[C@@H]3C)c2=O)cc1. The smallest absolute Gasteiger partial charge is 0.262 e. The van der Waals surface area contributed by atoms with Crippen LogP contribution in [0, 0.1) is 6.92 Å². The highest BCUT2D eigenvalue weighted by Crippen LogP contribution is 2.28. The van der Waals surface area contributed by atoms with Crippen molar-refractivity contribution in [1.82, 2.24) is 14.3 Å². The Bertz CT molecular complexity index is 988. The first-order valence-corrected chi connectivity index (χ1v) is 8.90. The molecule has 1 fully saturated rings. The van der Waals surface area contributed by atoms with E-state index in [-0.39, 0.29) is 17.7 Å². The number of fused-ring (bicyclic) bond motifs is 1. The van der Waals surface area contributed by atoms with E-state index in [2.05, 4.69) is 18.1 Å². The number of methoxy groups -OCH3 is 1. The number of aryl methyl sites for hydroxylation is 1. The summed E-state index contributed by atoms with van der Waals surface area (Å²) in [5.74, 6) is 0.808. The van der Waals surface area contributed by atoms with E-state index < -0.39 is 0 Å². The van der Waals surface area contributed by atoms with Crippen molar-refractivity contribution < 1.29 is 9.47 Å². The topological polar surface area (TPSA) is 58.3 Å². The predicted molar refractivity (Wildman–Crippen MR) is 99.9 cm³/mol. The Morgan fingerprint density at radius 1 is 1.31 bits per heavy atom. The molecule has 6 nitrogen and oxygen atoms in total. The van der Waals surface area contributed by atoms with E-state index in [9.17, 15) is 4.79 Å². The van der Waals surface area contributed by atoms with Gasteiger partial charge in [0.25, 0.3) is 5.56 Å². The zero-order chi connectivity index (χ0) is 18.3. The van der Waals surface area contributed by atoms with Crippen molar-refractivity contribution in [2.24, 2.45) is 0 Å². The monoisotopic (exact) mass is 353 g/mol. The fourth-order valence-electron chi connectivity index (χ4n) is 3.68. The van der Waals surface area contributed by atoms with Crippen molar-refractivity contribution in [2.75, 3.05) is 13.7 Å². The number of rotatable bonds is 4. The van der Waals surface area contributed by atoms with Gasteiger partial charge in [0.05, 0.1) is 42.9 Å². The van der Waals surface area contributed by atoms with E-state index in [1.54, 1.807) is 17.9 Å². The lowest BCUT2D eigenvalue weighted by Gasteiger charge is -2.17. The van der Waals surface area contributed by atoms with Crippen LogP contribution >= 0.6 is 0 Å². The van der Waals surface area contributed by atoms with Gasteiger partial charge in [-0.15, -0.1) is 0 Å². The van der Waals surface area contributed by atoms with Gasteiger partial charge in [-0.3, -0.25) is 9.48 Å². The van der Waals surface area contributed by atoms with Crippen LogP contribution in [-0.4, -0.2) is 34.2 Å². The van der Waals surface area contributed by atoms with Gasteiger partial charge in [-0.05, 0) is 44.0 Å². The van der Waals surface area contributed by atoms with Gasteiger partial charge in [-0.25, -0.2) is 0 Å². The second-order valence-corrected chi connectivity index (χ2v) is 6.85. The molecule has 2 aromatic heterocycles. The molecular formula is C20H23N3O3. The summed E-state index contributed by atoms with van der Waals surface area (Å²) in [6, 6.07) is 10.0. The molecule has 3 heterocycles. The molecule has 3 aromatic rings. The molecule has 1 aliphatic rings. The van der Waals surface area contributed by atoms with Crippen LogP contribution in [0.3, 0.4) is 0 Å². The normalized spacial score (nSPS) is 20.0. The zero-order valence-electron chi connectivity index (χ0n) is 15.3. The second kappa shape index (κ2) is 6.61. The number of aromatic nitrogens is 3. The molecule has 0 N–H and O–H groups in total. The number of ether oxygens (including phenoxy) is 2. The molecule has 0 radical (unpaired) electrons. The molecule has 136 valence electrons. The van der Waals surface area contributed by atoms with Gasteiger partial charge in [-0.2, -0.15) is 5.10 Å². The maximum absolute atomic E-state index is 13.0. The van der Waals surface area contributed by atoms with E-state index in [0.717, 1.165) is 35.6 Å². The standard InChI is InChI=1S/C20H23N3O3/c1-13-10-19-17(11-21-23(19)18-8-9-26-14(18)2)20(24)22(13)12-15-4-6-16(25-3)7-5-15/h4-7,10-11,14,18H,8-9,12H2,1-3H3/t14-,18-/m1/s1. The van der Waals surface area contributed by atoms with Crippen molar-refractivity contribution in [3.8, 4) is 5.75 Å². The number of hydrogen-bond acceptors (Lipinski definition) is 4. The van der Waals surface area contributed by atoms with Gasteiger partial charge in [0.15, 0.2) is 0 Å². The first-order chi connectivity index (χ1) is 12.6. The third-order valence-corrected chi connectivity index (χ3v) is 5.23. The highest BCUT2D eigenvalue weighted by molar-refractivity contribution is 5.78. The number of hydrogen-bond donors (Lipinski definition) is 0. The quantitative estimate of drug-likeness (QED) is 0.724. The molecule has 26 heavy (non-hydrogen) atoms. The molecule has 0 aliphatic carbocycles. The molecule has 0 saturated carbocycles. The highest BCUT2D eigenvalue weighted by atomic mass is 16.5. The molecule has 0 spiro atoms. The van der Waals surface area contributed by atoms with Gasteiger partial charge >= 0.3 is 0 Å². The van der Waals surface area contributed by atoms with E-state index in [1.807, 2.05) is 35.9 Å². The number of pyridine rings is 1. The lowest BCUT2D eigenvalue weighted by atomic mass is 10.1. The average Bonchev–Trinajstić information content (AvgIpc) is 3.25. The molecule has 4 rings (SSSR count). The maximum atomic E-state index is 13.0. The lowest BCUT2D eigenvalue weighted by molar-refractivity contribution is 0.106. The molecule has 0 unspecified atom stereocenters. The summed E-state index contributed by atoms with van der Waals surface area (Å²) in [4.78, 5) is 13.0. The van der Waals surface area contributed by atoms with E-state index in [0.29, 0.717) is 11.9 Å². The summed E-state index contributed by atoms with van der Waals surface area (Å²) >= 11 is 0. The third kappa shape index (κ3) is 2.80. The summed E-state index contributed by atoms with van der Waals surface area (Å²) in [5.41, 5.74) is 2.86. The van der Waals surface area contributed by atoms with Crippen LogP contribution in [0.25, 0.3) is 10.9 Å². The van der Waals surface area contributed by atoms with Crippen LogP contribution in [0.1, 0.15) is 30.6 Å². The maximum Gasteiger partial charge on any atom is 0.262 e. The predicted octanol–water partition coefficient (Wildman–Crippen LogP) is 2.91. The minimum Gasteiger partial charge on any atom is -0.497 e. The Kier molecular flexibility index (Phi) is 4.28. The van der Waals surface area contributed by atoms with Crippen LogP contribution in [0.2, 0.25) is 0 Å². The van der Waals surface area contributed by atoms with Crippen molar-refractivity contribution in [1.29, 1.82) is 0 Å². The van der Waals surface area contributed by atoms with Crippen molar-refractivity contribution >= 4 is 10.9 Å². The fourth-order valence-corrected chi connectivity index (χ4v) is 3.68. The Hall–Kier alpha value is -2.60. The van der Waals surface area contributed by atoms with E-state index in [4.69, 9.17) is 9.47 Å². The van der Waals surface area contributed by atoms with Crippen LogP contribution in [0.15, 0.2) is 41.3 Å². The molecule has 0 amide bonds. The Labute approximate surface area is 152 Å². The zero-order valence-corrected chi connectivity index (χ0v) is 15.3. The van der Waals surface area contributed by atoms with E-state index >= 15 is 0 Å². The molecule has 1 saturated heterocycles. The summed E-state index contributed by atoms with van der Waals surface area (Å²) in [6.07, 6.45) is 2.72. The molecule has 6 heteroatoms. The van der Waals surface area contributed by atoms with Crippen LogP contribution in [0.5, 0.6) is 5.75 Å². The summed E-state index contributed by atoms with van der Waals surface area (Å²) in [7, 11) is 1.64. The van der Waals surface area contributed by atoms with Crippen molar-refractivity contribution in [2.45, 2.75) is 39.0 Å². The minimum atomic E-state index is -0.00589. The number of nitrogens with zero attached hydrogens (tertiary/aromatic N) is 3. The van der Waals surface area contributed by atoms with Crippen molar-refractivity contribution in [3.63, 3.8) is 0 Å². The molecule has 1 aliphatic heterocycles. The molecule has 2 atom stereocenters. The second-order valence-electron chi connectivity index (χ2n) is 6.85. The highest BCUT2D eigenvalue weighted by Gasteiger charge is 2.28. The Morgan fingerprint density at radius 3 is 2.73 bits per heavy atom. The minimum absolute atomic E-state index is 0.00589. The first kappa shape index (κ1) is 16.8. The van der Waals surface area contributed by atoms with Gasteiger partial charge in [0.1, 0.15) is 5.75 Å². The van der Waals surface area contributed by atoms with E-state index in [1.165, 1.54) is 0 Å². The van der Waals surface area contributed by atoms with Crippen LogP contribution in [-0.2, 0) is 11.3 Å². The van der Waals surface area contributed by atoms with Crippen molar-refractivity contribution in [3.05, 3.63) is 58.1 Å². The summed E-state index contributed by atoms with van der Waals surface area (Å²) in [6.45, 7) is 5.29.